The molecule has 60 heavy (non-hydrogen) atoms. The lowest BCUT2D eigenvalue weighted by molar-refractivity contribution is -0.162. The van der Waals surface area contributed by atoms with E-state index in [2.05, 4.69) is 5.32 Å². The zero-order valence-electron chi connectivity index (χ0n) is 36.1. The minimum Gasteiger partial charge on any atom is -0.495 e. The number of alkyl carbamates (subject to hydrolysis) is 1. The largest absolute Gasteiger partial charge is 0.495 e. The lowest BCUT2D eigenvalue weighted by atomic mass is 9.83. The van der Waals surface area contributed by atoms with Crippen molar-refractivity contribution >= 4 is 68.7 Å². The minimum atomic E-state index is -1.85. The Morgan fingerprint density at radius 3 is 2.55 bits per heavy atom. The Kier molecular flexibility index (Phi) is 16.9. The molecule has 3 aliphatic heterocycles. The van der Waals surface area contributed by atoms with Crippen molar-refractivity contribution in [3.8, 4) is 5.75 Å². The second-order valence-corrected chi connectivity index (χ2v) is 20.1. The van der Waals surface area contributed by atoms with E-state index < -0.39 is 71.6 Å². The number of fused-ring (bicyclic) bond motifs is 5. The van der Waals surface area contributed by atoms with Gasteiger partial charge in [-0.15, -0.1) is 0 Å². The molecule has 8 atom stereocenters. The smallest absolute Gasteiger partial charge is 0.409 e. The number of halogens is 1. The monoisotopic (exact) mass is 897 g/mol. The molecule has 0 spiro atoms. The van der Waals surface area contributed by atoms with E-state index in [4.69, 9.17) is 40.4 Å². The van der Waals surface area contributed by atoms with E-state index in [-0.39, 0.29) is 41.4 Å². The van der Waals surface area contributed by atoms with Gasteiger partial charge in [0.25, 0.3) is 0 Å². The summed E-state index contributed by atoms with van der Waals surface area (Å²) in [4.78, 5) is 68.1. The maximum atomic E-state index is 14.3. The molecule has 1 aromatic carbocycles. The van der Waals surface area contributed by atoms with E-state index in [9.17, 15) is 29.1 Å². The number of methoxy groups -OCH3 is 2. The molecule has 15 nitrogen and oxygen atoms in total. The molecular weight excluding hydrogens is 838 g/mol. The van der Waals surface area contributed by atoms with Crippen molar-refractivity contribution in [3.63, 3.8) is 0 Å². The Bertz CT molecular complexity index is 1830. The van der Waals surface area contributed by atoms with Crippen molar-refractivity contribution in [3.05, 3.63) is 46.5 Å². The van der Waals surface area contributed by atoms with Crippen LogP contribution in [0.3, 0.4) is 0 Å². The van der Waals surface area contributed by atoms with Crippen molar-refractivity contribution in [2.45, 2.75) is 133 Å². The molecule has 0 aliphatic carbocycles. The van der Waals surface area contributed by atoms with Crippen molar-refractivity contribution in [1.82, 2.24) is 10.2 Å². The molecule has 8 unspecified atom stereocenters. The van der Waals surface area contributed by atoms with Crippen LogP contribution in [0, 0.1) is 5.92 Å². The van der Waals surface area contributed by atoms with Gasteiger partial charge in [-0.2, -0.15) is 0 Å². The van der Waals surface area contributed by atoms with Crippen LogP contribution in [0.15, 0.2) is 35.9 Å². The second-order valence-electron chi connectivity index (χ2n) is 16.6. The quantitative estimate of drug-likeness (QED) is 0.0813. The summed E-state index contributed by atoms with van der Waals surface area (Å²) in [6.45, 7) is 11.0. The minimum absolute atomic E-state index is 0.0691. The van der Waals surface area contributed by atoms with E-state index >= 15 is 0 Å². The summed E-state index contributed by atoms with van der Waals surface area (Å²) in [5.74, 6) is -1.85. The fraction of sp³-hybridized carbons (Fsp3) is 0.643. The number of nitrogens with zero attached hydrogens (tertiary/aromatic N) is 2. The average Bonchev–Trinajstić information content (AvgIpc) is 3.88. The molecule has 3 heterocycles. The zero-order valence-corrected chi connectivity index (χ0v) is 38.5. The molecule has 3 amide bonds. The Labute approximate surface area is 365 Å². The number of esters is 1. The third kappa shape index (κ3) is 12.3. The highest BCUT2D eigenvalue weighted by Crippen LogP contribution is 2.49. The van der Waals surface area contributed by atoms with Crippen LogP contribution < -0.4 is 15.0 Å². The number of carbonyl (C=O) groups excluding carboxylic acids is 4. The standard InChI is InChI=1S/C42H60ClN3O12S2/c1-24-13-11-14-31(55-10)42(53)23-30(56-39(52)44-42)25(2)37-41(6,58-37)32(22-34(48)46(8)28-20-27(19-24)21-29(54-9)36(28)43)57-38(51)26(3)45(7)33(47)16-17-40(4,5)60-59-18-12-15-35(49)50/h11,13-14,20-21,25-26,30-32,37,53H,12,15-19,22-23H2,1-10H3,(H,44,52)(H,49,50)/b14-11-,24-13-. The highest BCUT2D eigenvalue weighted by Gasteiger charge is 2.64. The van der Waals surface area contributed by atoms with Crippen LogP contribution in [-0.4, -0.2) is 126 Å². The van der Waals surface area contributed by atoms with E-state index in [1.165, 1.54) is 31.1 Å². The van der Waals surface area contributed by atoms with Crippen LogP contribution >= 0.6 is 33.2 Å². The molecule has 3 aliphatic rings. The number of hydrogen-bond acceptors (Lipinski definition) is 13. The van der Waals surface area contributed by atoms with Gasteiger partial charge >= 0.3 is 18.0 Å². The van der Waals surface area contributed by atoms with Crippen LogP contribution in [0.2, 0.25) is 5.02 Å². The number of benzene rings is 1. The predicted octanol–water partition coefficient (Wildman–Crippen LogP) is 6.32. The summed E-state index contributed by atoms with van der Waals surface area (Å²) < 4.78 is 29.1. The number of ether oxygens (including phenoxy) is 5. The summed E-state index contributed by atoms with van der Waals surface area (Å²) in [7, 11) is 9.15. The number of carbonyl (C=O) groups is 5. The molecule has 2 fully saturated rings. The van der Waals surface area contributed by atoms with Crippen molar-refractivity contribution in [2.24, 2.45) is 5.92 Å². The normalized spacial score (nSPS) is 29.2. The number of allylic oxidation sites excluding steroid dienone is 3. The number of aliphatic hydroxyl groups is 1. The molecule has 1 aromatic rings. The number of carboxylic acids is 1. The first-order chi connectivity index (χ1) is 28.0. The lowest BCUT2D eigenvalue weighted by Gasteiger charge is -2.42. The third-order valence-electron chi connectivity index (χ3n) is 11.4. The van der Waals surface area contributed by atoms with Gasteiger partial charge < -0.3 is 43.7 Å². The highest BCUT2D eigenvalue weighted by atomic mass is 35.5. The Morgan fingerprint density at radius 1 is 1.20 bits per heavy atom. The SMILES string of the molecule is COc1cc2cc(c1Cl)N(C)C(=O)CC(OC(=O)C(C)N(C)C(=O)CCC(C)(C)SSCCCC(=O)O)C1(C)OC1C(C)C1CC(O)(NC(=O)O1)C(OC)/C=C\C=C(\C)C2. The van der Waals surface area contributed by atoms with Gasteiger partial charge in [0, 0.05) is 56.9 Å². The maximum absolute atomic E-state index is 14.3. The summed E-state index contributed by atoms with van der Waals surface area (Å²) in [6.07, 6.45) is 2.04. The molecule has 0 radical (unpaired) electrons. The number of hydrogen-bond donors (Lipinski definition) is 3. The highest BCUT2D eigenvalue weighted by molar-refractivity contribution is 8.77. The first kappa shape index (κ1) is 49.2. The van der Waals surface area contributed by atoms with Crippen LogP contribution in [0.4, 0.5) is 10.5 Å². The number of rotatable bonds is 14. The van der Waals surface area contributed by atoms with E-state index in [1.54, 1.807) is 73.7 Å². The number of epoxide rings is 1. The Morgan fingerprint density at radius 2 is 1.90 bits per heavy atom. The van der Waals surface area contributed by atoms with Crippen LogP contribution in [-0.2, 0) is 44.5 Å². The number of amides is 3. The summed E-state index contributed by atoms with van der Waals surface area (Å²) in [5.41, 5.74) is -1.01. The average molecular weight is 899 g/mol. The van der Waals surface area contributed by atoms with Gasteiger partial charge in [-0.25, -0.2) is 9.59 Å². The van der Waals surface area contributed by atoms with Gasteiger partial charge in [-0.1, -0.05) is 63.9 Å². The molecule has 334 valence electrons. The second kappa shape index (κ2) is 20.6. The van der Waals surface area contributed by atoms with Gasteiger partial charge in [0.1, 0.15) is 40.7 Å². The maximum Gasteiger partial charge on any atom is 0.409 e. The first-order valence-electron chi connectivity index (χ1n) is 19.9. The van der Waals surface area contributed by atoms with Crippen LogP contribution in [0.25, 0.3) is 0 Å². The fourth-order valence-electron chi connectivity index (χ4n) is 7.33. The molecule has 3 N–H and O–H groups in total. The third-order valence-corrected chi connectivity index (χ3v) is 15.2. The van der Waals surface area contributed by atoms with Gasteiger partial charge in [-0.3, -0.25) is 19.7 Å². The number of likely N-dealkylation sites (N-methyl/N-ethyl adjacent to an activating group) is 1. The van der Waals surface area contributed by atoms with Crippen molar-refractivity contribution < 1.29 is 57.9 Å². The number of carboxylic acid groups (broad SMARTS) is 1. The molecule has 18 heteroatoms. The molecule has 4 rings (SSSR count). The molecular formula is C42H60ClN3O12S2. The number of anilines is 1. The summed E-state index contributed by atoms with van der Waals surface area (Å²) >= 11 is 6.79. The Balaban J connectivity index is 1.62. The molecule has 0 saturated carbocycles. The topological polar surface area (TPSA) is 194 Å². The predicted molar refractivity (Wildman–Crippen MR) is 231 cm³/mol. The van der Waals surface area contributed by atoms with E-state index in [1.807, 2.05) is 26.8 Å². The molecule has 2 saturated heterocycles. The van der Waals surface area contributed by atoms with Crippen molar-refractivity contribution in [1.29, 1.82) is 0 Å². The van der Waals surface area contributed by atoms with E-state index in [0.29, 0.717) is 36.5 Å². The van der Waals surface area contributed by atoms with Crippen molar-refractivity contribution in [2.75, 3.05) is 39.0 Å². The first-order valence-corrected chi connectivity index (χ1v) is 22.6. The molecule has 4 bridgehead atoms. The number of aliphatic carboxylic acids is 1. The molecule has 0 aromatic heterocycles. The number of nitrogens with one attached hydrogen (secondary N) is 1. The van der Waals surface area contributed by atoms with E-state index in [0.717, 1.165) is 11.1 Å². The van der Waals surface area contributed by atoms with Gasteiger partial charge in [0.05, 0.1) is 25.3 Å². The lowest BCUT2D eigenvalue weighted by Crippen LogP contribution is -2.63. The Hall–Kier alpha value is -3.48. The zero-order chi connectivity index (χ0) is 44.7. The fourth-order valence-corrected chi connectivity index (χ4v) is 10.3. The van der Waals surface area contributed by atoms with Gasteiger partial charge in [0.2, 0.25) is 11.8 Å². The van der Waals surface area contributed by atoms with Crippen LogP contribution in [0.1, 0.15) is 85.6 Å². The van der Waals surface area contributed by atoms with Gasteiger partial charge in [0.15, 0.2) is 5.72 Å². The van der Waals surface area contributed by atoms with Gasteiger partial charge in [-0.05, 0) is 71.6 Å². The summed E-state index contributed by atoms with van der Waals surface area (Å²) in [5, 5.41) is 23.4. The van der Waals surface area contributed by atoms with Crippen LogP contribution in [0.5, 0.6) is 5.75 Å². The summed E-state index contributed by atoms with van der Waals surface area (Å²) in [6, 6.07) is 2.54.